The van der Waals surface area contributed by atoms with Crippen LogP contribution in [0.15, 0.2) is 12.2 Å². The predicted octanol–water partition coefficient (Wildman–Crippen LogP) is 3.02. The molecule has 0 saturated carbocycles. The van der Waals surface area contributed by atoms with Crippen LogP contribution in [0.25, 0.3) is 0 Å². The van der Waals surface area contributed by atoms with Crippen molar-refractivity contribution in [2.45, 2.75) is 46.5 Å². The van der Waals surface area contributed by atoms with Crippen molar-refractivity contribution >= 4 is 11.9 Å². The zero-order chi connectivity index (χ0) is 14.5. The third kappa shape index (κ3) is 3.37. The molecular weight excluding hydrogens is 244 g/mol. The molecule has 4 nitrogen and oxygen atoms in total. The number of rotatable bonds is 6. The van der Waals surface area contributed by atoms with E-state index in [9.17, 15) is 14.7 Å². The molecule has 1 N–H and O–H groups in total. The summed E-state index contributed by atoms with van der Waals surface area (Å²) in [7, 11) is 0. The molecule has 108 valence electrons. The third-order valence-corrected chi connectivity index (χ3v) is 3.64. The lowest BCUT2D eigenvalue weighted by Crippen LogP contribution is -2.47. The van der Waals surface area contributed by atoms with E-state index in [0.29, 0.717) is 6.42 Å². The van der Waals surface area contributed by atoms with Crippen LogP contribution in [0, 0.1) is 17.3 Å². The number of carbonyl (C=O) groups is 2. The van der Waals surface area contributed by atoms with Gasteiger partial charge in [0.05, 0.1) is 6.61 Å². The zero-order valence-electron chi connectivity index (χ0n) is 12.0. The Morgan fingerprint density at radius 3 is 2.58 bits per heavy atom. The van der Waals surface area contributed by atoms with Crippen molar-refractivity contribution in [2.24, 2.45) is 17.3 Å². The fourth-order valence-electron chi connectivity index (χ4n) is 2.85. The van der Waals surface area contributed by atoms with Gasteiger partial charge in [0.25, 0.3) is 0 Å². The monoisotopic (exact) mass is 268 g/mol. The van der Waals surface area contributed by atoms with Gasteiger partial charge in [-0.25, -0.2) is 0 Å². The van der Waals surface area contributed by atoms with E-state index in [1.165, 1.54) is 0 Å². The van der Waals surface area contributed by atoms with Crippen LogP contribution < -0.4 is 0 Å². The smallest absolute Gasteiger partial charge is 0.324 e. The second-order valence-electron chi connectivity index (χ2n) is 5.56. The molecule has 1 aliphatic rings. The van der Waals surface area contributed by atoms with Gasteiger partial charge in [-0.05, 0) is 38.5 Å². The van der Waals surface area contributed by atoms with Gasteiger partial charge >= 0.3 is 11.9 Å². The Labute approximate surface area is 114 Å². The Hall–Kier alpha value is -1.32. The second kappa shape index (κ2) is 6.73. The first-order chi connectivity index (χ1) is 8.95. The zero-order valence-corrected chi connectivity index (χ0v) is 12.0. The number of carboxylic acids is 1. The number of hydrogen-bond donors (Lipinski definition) is 1. The van der Waals surface area contributed by atoms with Gasteiger partial charge in [-0.1, -0.05) is 26.0 Å². The minimum Gasteiger partial charge on any atom is -0.480 e. The topological polar surface area (TPSA) is 63.6 Å². The summed E-state index contributed by atoms with van der Waals surface area (Å²) in [6, 6.07) is 0. The number of esters is 1. The van der Waals surface area contributed by atoms with Crippen LogP contribution in [0.5, 0.6) is 0 Å². The molecule has 1 aliphatic carbocycles. The number of allylic oxidation sites excluding steroid dienone is 2. The maximum Gasteiger partial charge on any atom is 0.324 e. The molecule has 0 bridgehead atoms. The molecule has 1 rings (SSSR count). The number of hydrogen-bond acceptors (Lipinski definition) is 3. The van der Waals surface area contributed by atoms with Gasteiger partial charge < -0.3 is 9.84 Å². The van der Waals surface area contributed by atoms with Gasteiger partial charge in [0.1, 0.15) is 0 Å². The molecule has 0 aromatic carbocycles. The van der Waals surface area contributed by atoms with E-state index in [-0.39, 0.29) is 18.4 Å². The van der Waals surface area contributed by atoms with Gasteiger partial charge in [-0.2, -0.15) is 0 Å². The highest BCUT2D eigenvalue weighted by Crippen LogP contribution is 2.42. The highest BCUT2D eigenvalue weighted by molar-refractivity contribution is 5.99. The Bertz CT molecular complexity index is 359. The first-order valence-corrected chi connectivity index (χ1v) is 7.02. The average molecular weight is 268 g/mol. The third-order valence-electron chi connectivity index (χ3n) is 3.64. The first kappa shape index (κ1) is 15.7. The van der Waals surface area contributed by atoms with Crippen LogP contribution in [0.2, 0.25) is 0 Å². The molecule has 0 aromatic rings. The van der Waals surface area contributed by atoms with Crippen LogP contribution in [-0.4, -0.2) is 23.7 Å². The fraction of sp³-hybridized carbons (Fsp3) is 0.733. The molecule has 2 atom stereocenters. The minimum absolute atomic E-state index is 0.121. The summed E-state index contributed by atoms with van der Waals surface area (Å²) in [4.78, 5) is 24.1. The molecule has 0 saturated heterocycles. The Morgan fingerprint density at radius 1 is 1.47 bits per heavy atom. The van der Waals surface area contributed by atoms with Crippen molar-refractivity contribution in [1.82, 2.24) is 0 Å². The van der Waals surface area contributed by atoms with Crippen LogP contribution in [0.3, 0.4) is 0 Å². The number of aliphatic carboxylic acids is 1. The number of ether oxygens (including phenoxy) is 1. The molecule has 4 heteroatoms. The van der Waals surface area contributed by atoms with Crippen molar-refractivity contribution < 1.29 is 19.4 Å². The highest BCUT2D eigenvalue weighted by Gasteiger charge is 2.53. The summed E-state index contributed by atoms with van der Waals surface area (Å²) in [5, 5.41) is 9.69. The van der Waals surface area contributed by atoms with Crippen molar-refractivity contribution in [3.05, 3.63) is 12.2 Å². The van der Waals surface area contributed by atoms with Crippen molar-refractivity contribution in [2.75, 3.05) is 6.61 Å². The second-order valence-corrected chi connectivity index (χ2v) is 5.56. The molecule has 0 aromatic heterocycles. The molecule has 0 amide bonds. The van der Waals surface area contributed by atoms with Gasteiger partial charge in [0.2, 0.25) is 0 Å². The molecule has 0 radical (unpaired) electrons. The van der Waals surface area contributed by atoms with Crippen molar-refractivity contribution in [3.63, 3.8) is 0 Å². The molecule has 0 aliphatic heterocycles. The summed E-state index contributed by atoms with van der Waals surface area (Å²) in [6.07, 6.45) is 6.79. The van der Waals surface area contributed by atoms with Crippen LogP contribution in [0.1, 0.15) is 46.5 Å². The van der Waals surface area contributed by atoms with Crippen LogP contribution >= 0.6 is 0 Å². The maximum atomic E-state index is 12.3. The number of carbonyl (C=O) groups excluding carboxylic acids is 1. The predicted molar refractivity (Wildman–Crippen MR) is 72.6 cm³/mol. The lowest BCUT2D eigenvalue weighted by Gasteiger charge is -2.36. The Morgan fingerprint density at radius 2 is 2.16 bits per heavy atom. The van der Waals surface area contributed by atoms with E-state index in [1.54, 1.807) is 6.92 Å². The molecule has 0 fully saturated rings. The van der Waals surface area contributed by atoms with E-state index >= 15 is 0 Å². The quantitative estimate of drug-likeness (QED) is 0.457. The molecule has 19 heavy (non-hydrogen) atoms. The van der Waals surface area contributed by atoms with E-state index in [2.05, 4.69) is 0 Å². The van der Waals surface area contributed by atoms with E-state index in [1.807, 2.05) is 26.0 Å². The minimum atomic E-state index is -1.43. The van der Waals surface area contributed by atoms with Gasteiger partial charge in [-0.3, -0.25) is 9.59 Å². The average Bonchev–Trinajstić information content (AvgIpc) is 2.36. The Kier molecular flexibility index (Phi) is 5.58. The lowest BCUT2D eigenvalue weighted by atomic mass is 9.67. The standard InChI is InChI=1S/C15H24O4/c1-4-19-14(18)15(13(16)17,10-11(2)3)12-8-6-5-7-9-12/h6,8,11-12H,4-5,7,9-10H2,1-3H3,(H,16,17). The van der Waals surface area contributed by atoms with Crippen LogP contribution in [-0.2, 0) is 14.3 Å². The van der Waals surface area contributed by atoms with E-state index in [4.69, 9.17) is 4.74 Å². The lowest BCUT2D eigenvalue weighted by molar-refractivity contribution is -0.174. The molecule has 2 unspecified atom stereocenters. The molecule has 0 heterocycles. The summed E-state index contributed by atoms with van der Waals surface area (Å²) in [5.74, 6) is -1.79. The van der Waals surface area contributed by atoms with Gasteiger partial charge in [0.15, 0.2) is 5.41 Å². The molecular formula is C15H24O4. The first-order valence-electron chi connectivity index (χ1n) is 7.02. The van der Waals surface area contributed by atoms with Crippen LogP contribution in [0.4, 0.5) is 0 Å². The van der Waals surface area contributed by atoms with Gasteiger partial charge in [0, 0.05) is 5.92 Å². The van der Waals surface area contributed by atoms with Crippen molar-refractivity contribution in [3.8, 4) is 0 Å². The fourth-order valence-corrected chi connectivity index (χ4v) is 2.85. The van der Waals surface area contributed by atoms with Gasteiger partial charge in [-0.15, -0.1) is 0 Å². The summed E-state index contributed by atoms with van der Waals surface area (Å²) >= 11 is 0. The number of carboxylic acid groups (broad SMARTS) is 1. The molecule has 0 spiro atoms. The normalized spacial score (nSPS) is 22.0. The highest BCUT2D eigenvalue weighted by atomic mass is 16.5. The van der Waals surface area contributed by atoms with E-state index < -0.39 is 17.4 Å². The van der Waals surface area contributed by atoms with E-state index in [0.717, 1.165) is 19.3 Å². The summed E-state index contributed by atoms with van der Waals surface area (Å²) < 4.78 is 5.07. The van der Waals surface area contributed by atoms with Crippen molar-refractivity contribution in [1.29, 1.82) is 0 Å². The summed E-state index contributed by atoms with van der Waals surface area (Å²) in [5.41, 5.74) is -1.43. The largest absolute Gasteiger partial charge is 0.480 e. The SMILES string of the molecule is CCOC(=O)C(CC(C)C)(C(=O)O)C1C=CCCC1. The Balaban J connectivity index is 3.17. The maximum absolute atomic E-state index is 12.3. The summed E-state index contributed by atoms with van der Waals surface area (Å²) in [6.45, 7) is 5.78.